The molecule has 0 saturated carbocycles. The van der Waals surface area contributed by atoms with Crippen molar-refractivity contribution in [3.63, 3.8) is 0 Å². The summed E-state index contributed by atoms with van der Waals surface area (Å²) < 4.78 is 7.74. The molecule has 0 radical (unpaired) electrons. The SMILES string of the molecule is Cn1ccc(CN2CC(CN)OC(C)(C)C2)n1. The smallest absolute Gasteiger partial charge is 0.0831 e. The summed E-state index contributed by atoms with van der Waals surface area (Å²) in [6.07, 6.45) is 2.10. The number of nitrogens with zero attached hydrogens (tertiary/aromatic N) is 3. The molecule has 0 amide bonds. The third-order valence-electron chi connectivity index (χ3n) is 2.97. The normalized spacial score (nSPS) is 25.1. The fraction of sp³-hybridized carbons (Fsp3) is 0.750. The maximum Gasteiger partial charge on any atom is 0.0831 e. The molecule has 1 aromatic rings. The van der Waals surface area contributed by atoms with E-state index in [9.17, 15) is 0 Å². The standard InChI is InChI=1S/C12H22N4O/c1-12(2)9-16(8-11(6-13)17-12)7-10-4-5-15(3)14-10/h4-5,11H,6-9,13H2,1-3H3. The minimum Gasteiger partial charge on any atom is -0.368 e. The molecule has 0 spiro atoms. The zero-order valence-corrected chi connectivity index (χ0v) is 10.9. The second-order valence-electron chi connectivity index (χ2n) is 5.39. The summed E-state index contributed by atoms with van der Waals surface area (Å²) in [7, 11) is 1.94. The van der Waals surface area contributed by atoms with Crippen LogP contribution in [0.1, 0.15) is 19.5 Å². The highest BCUT2D eigenvalue weighted by Crippen LogP contribution is 2.21. The highest BCUT2D eigenvalue weighted by atomic mass is 16.5. The minimum absolute atomic E-state index is 0.127. The Hall–Kier alpha value is -0.910. The third-order valence-corrected chi connectivity index (χ3v) is 2.97. The molecule has 0 aromatic carbocycles. The summed E-state index contributed by atoms with van der Waals surface area (Å²) in [4.78, 5) is 2.36. The first-order valence-electron chi connectivity index (χ1n) is 6.07. The number of hydrogen-bond donors (Lipinski definition) is 1. The summed E-state index contributed by atoms with van der Waals surface area (Å²) in [6.45, 7) is 7.46. The topological polar surface area (TPSA) is 56.3 Å². The number of aromatic nitrogens is 2. The van der Waals surface area contributed by atoms with Crippen LogP contribution >= 0.6 is 0 Å². The average molecular weight is 238 g/mol. The Kier molecular flexibility index (Phi) is 3.51. The van der Waals surface area contributed by atoms with E-state index in [4.69, 9.17) is 10.5 Å². The maximum atomic E-state index is 5.90. The van der Waals surface area contributed by atoms with E-state index in [1.54, 1.807) is 0 Å². The zero-order chi connectivity index (χ0) is 12.5. The average Bonchev–Trinajstić information content (AvgIpc) is 2.61. The predicted octanol–water partition coefficient (Wildman–Crippen LogP) is 0.358. The van der Waals surface area contributed by atoms with Gasteiger partial charge in [-0.1, -0.05) is 0 Å². The maximum absolute atomic E-state index is 5.90. The monoisotopic (exact) mass is 238 g/mol. The van der Waals surface area contributed by atoms with Gasteiger partial charge in [0.25, 0.3) is 0 Å². The molecule has 1 aliphatic heterocycles. The predicted molar refractivity (Wildman–Crippen MR) is 66.5 cm³/mol. The van der Waals surface area contributed by atoms with Crippen LogP contribution in [0.15, 0.2) is 12.3 Å². The first kappa shape index (κ1) is 12.5. The van der Waals surface area contributed by atoms with Gasteiger partial charge in [-0.05, 0) is 19.9 Å². The molecule has 1 aliphatic rings. The molecule has 96 valence electrons. The lowest BCUT2D eigenvalue weighted by Gasteiger charge is -2.42. The lowest BCUT2D eigenvalue weighted by atomic mass is 10.0. The zero-order valence-electron chi connectivity index (χ0n) is 10.9. The molecule has 1 atom stereocenters. The lowest BCUT2D eigenvalue weighted by Crippen LogP contribution is -2.54. The molecule has 1 aromatic heterocycles. The van der Waals surface area contributed by atoms with E-state index in [-0.39, 0.29) is 11.7 Å². The molecule has 17 heavy (non-hydrogen) atoms. The van der Waals surface area contributed by atoms with Crippen molar-refractivity contribution in [2.45, 2.75) is 32.1 Å². The second kappa shape index (κ2) is 4.76. The van der Waals surface area contributed by atoms with E-state index in [1.807, 2.05) is 17.9 Å². The van der Waals surface area contributed by atoms with Gasteiger partial charge in [0.2, 0.25) is 0 Å². The van der Waals surface area contributed by atoms with Crippen LogP contribution < -0.4 is 5.73 Å². The molecule has 1 saturated heterocycles. The van der Waals surface area contributed by atoms with Gasteiger partial charge < -0.3 is 10.5 Å². The van der Waals surface area contributed by atoms with Crippen LogP contribution in [0.3, 0.4) is 0 Å². The minimum atomic E-state index is -0.128. The van der Waals surface area contributed by atoms with Crippen LogP contribution in [0.5, 0.6) is 0 Å². The summed E-state index contributed by atoms with van der Waals surface area (Å²) in [5, 5.41) is 4.41. The van der Waals surface area contributed by atoms with Crippen molar-refractivity contribution in [1.82, 2.24) is 14.7 Å². The van der Waals surface area contributed by atoms with E-state index >= 15 is 0 Å². The Balaban J connectivity index is 2.00. The molecule has 0 aliphatic carbocycles. The summed E-state index contributed by atoms with van der Waals surface area (Å²) >= 11 is 0. The Bertz CT molecular complexity index is 374. The molecular formula is C12H22N4O. The molecule has 1 fully saturated rings. The molecule has 2 rings (SSSR count). The molecule has 0 bridgehead atoms. The fourth-order valence-corrected chi connectivity index (χ4v) is 2.44. The van der Waals surface area contributed by atoms with Crippen LogP contribution in [0.2, 0.25) is 0 Å². The van der Waals surface area contributed by atoms with Gasteiger partial charge in [-0.2, -0.15) is 5.10 Å². The molecule has 5 heteroatoms. The third kappa shape index (κ3) is 3.28. The summed E-state index contributed by atoms with van der Waals surface area (Å²) in [5.41, 5.74) is 6.68. The highest BCUT2D eigenvalue weighted by molar-refractivity contribution is 4.99. The van der Waals surface area contributed by atoms with Crippen molar-refractivity contribution in [3.05, 3.63) is 18.0 Å². The first-order chi connectivity index (χ1) is 7.98. The Morgan fingerprint density at radius 3 is 2.94 bits per heavy atom. The molecule has 2 N–H and O–H groups in total. The number of aryl methyl sites for hydroxylation is 1. The molecule has 2 heterocycles. The molecular weight excluding hydrogens is 216 g/mol. The number of hydrogen-bond acceptors (Lipinski definition) is 4. The number of nitrogens with two attached hydrogens (primary N) is 1. The van der Waals surface area contributed by atoms with E-state index in [0.717, 1.165) is 25.3 Å². The fourth-order valence-electron chi connectivity index (χ4n) is 2.44. The second-order valence-corrected chi connectivity index (χ2v) is 5.39. The highest BCUT2D eigenvalue weighted by Gasteiger charge is 2.32. The number of morpholine rings is 1. The van der Waals surface area contributed by atoms with Gasteiger partial charge >= 0.3 is 0 Å². The summed E-state index contributed by atoms with van der Waals surface area (Å²) in [6, 6.07) is 2.06. The van der Waals surface area contributed by atoms with Crippen molar-refractivity contribution in [2.24, 2.45) is 12.8 Å². The Labute approximate surface area is 103 Å². The van der Waals surface area contributed by atoms with E-state index < -0.39 is 0 Å². The lowest BCUT2D eigenvalue weighted by molar-refractivity contribution is -0.134. The van der Waals surface area contributed by atoms with E-state index in [1.165, 1.54) is 0 Å². The molecule has 1 unspecified atom stereocenters. The van der Waals surface area contributed by atoms with Gasteiger partial charge in [0.15, 0.2) is 0 Å². The van der Waals surface area contributed by atoms with Crippen LogP contribution in [-0.2, 0) is 18.3 Å². The largest absolute Gasteiger partial charge is 0.368 e. The van der Waals surface area contributed by atoms with Crippen LogP contribution in [-0.4, -0.2) is 46.0 Å². The van der Waals surface area contributed by atoms with Crippen molar-refractivity contribution in [1.29, 1.82) is 0 Å². The number of rotatable bonds is 3. The number of ether oxygens (including phenoxy) is 1. The van der Waals surface area contributed by atoms with Gasteiger partial charge in [-0.25, -0.2) is 0 Å². The van der Waals surface area contributed by atoms with Crippen LogP contribution in [0, 0.1) is 0 Å². The van der Waals surface area contributed by atoms with Gasteiger partial charge in [-0.15, -0.1) is 0 Å². The van der Waals surface area contributed by atoms with Crippen LogP contribution in [0.4, 0.5) is 0 Å². The summed E-state index contributed by atoms with van der Waals surface area (Å²) in [5.74, 6) is 0. The van der Waals surface area contributed by atoms with E-state index in [0.29, 0.717) is 6.54 Å². The Morgan fingerprint density at radius 1 is 1.59 bits per heavy atom. The van der Waals surface area contributed by atoms with Gasteiger partial charge in [0, 0.05) is 39.4 Å². The molecule has 5 nitrogen and oxygen atoms in total. The van der Waals surface area contributed by atoms with Crippen molar-refractivity contribution in [2.75, 3.05) is 19.6 Å². The van der Waals surface area contributed by atoms with Crippen molar-refractivity contribution in [3.8, 4) is 0 Å². The Morgan fingerprint density at radius 2 is 2.35 bits per heavy atom. The van der Waals surface area contributed by atoms with Crippen molar-refractivity contribution >= 4 is 0 Å². The van der Waals surface area contributed by atoms with E-state index in [2.05, 4.69) is 29.9 Å². The van der Waals surface area contributed by atoms with Gasteiger partial charge in [-0.3, -0.25) is 9.58 Å². The first-order valence-corrected chi connectivity index (χ1v) is 6.07. The van der Waals surface area contributed by atoms with Crippen molar-refractivity contribution < 1.29 is 4.74 Å². The van der Waals surface area contributed by atoms with Gasteiger partial charge in [0.1, 0.15) is 0 Å². The van der Waals surface area contributed by atoms with Crippen LogP contribution in [0.25, 0.3) is 0 Å². The van der Waals surface area contributed by atoms with Gasteiger partial charge in [0.05, 0.1) is 17.4 Å². The quantitative estimate of drug-likeness (QED) is 0.826.